The highest BCUT2D eigenvalue weighted by Crippen LogP contribution is 2.43. The van der Waals surface area contributed by atoms with Crippen molar-refractivity contribution in [3.63, 3.8) is 0 Å². The van der Waals surface area contributed by atoms with Crippen molar-refractivity contribution in [2.75, 3.05) is 0 Å². The first kappa shape index (κ1) is 24.3. The standard InChI is InChI=1S/C27H33F3N2O3/c1-16-5-8-21(9-6-16)35-24-12-11-23-22(25(24)27(28,29)30)10-7-18(31-23)15-32-19-3-2-4-20(32)14-17(13-19)26(33)34/h7,10-12,16-17,19-21H,2-6,8-9,13-15H2,1H3,(H,33,34)/t16-,17?,19?,20?,21+. The van der Waals surface area contributed by atoms with Crippen LogP contribution >= 0.6 is 0 Å². The lowest BCUT2D eigenvalue weighted by atomic mass is 9.78. The maximum Gasteiger partial charge on any atom is 0.420 e. The number of rotatable bonds is 5. The average molecular weight is 491 g/mol. The zero-order chi connectivity index (χ0) is 24.7. The van der Waals surface area contributed by atoms with Gasteiger partial charge in [0.15, 0.2) is 0 Å². The minimum Gasteiger partial charge on any atom is -0.490 e. The Kier molecular flexibility index (Phi) is 6.68. The smallest absolute Gasteiger partial charge is 0.420 e. The fraction of sp³-hybridized carbons (Fsp3) is 0.630. The van der Waals surface area contributed by atoms with Crippen LogP contribution in [0.4, 0.5) is 13.2 Å². The number of nitrogens with zero attached hydrogens (tertiary/aromatic N) is 2. The fourth-order valence-electron chi connectivity index (χ4n) is 6.36. The van der Waals surface area contributed by atoms with Gasteiger partial charge in [0.25, 0.3) is 0 Å². The predicted molar refractivity (Wildman–Crippen MR) is 126 cm³/mol. The van der Waals surface area contributed by atoms with Crippen LogP contribution in [0.1, 0.15) is 76.0 Å². The molecular weight excluding hydrogens is 457 g/mol. The van der Waals surface area contributed by atoms with Gasteiger partial charge >= 0.3 is 12.1 Å². The molecule has 0 radical (unpaired) electrons. The quantitative estimate of drug-likeness (QED) is 0.523. The van der Waals surface area contributed by atoms with Gasteiger partial charge < -0.3 is 9.84 Å². The minimum absolute atomic E-state index is 0.0627. The number of alkyl halides is 3. The molecule has 2 saturated heterocycles. The third-order valence-electron chi connectivity index (χ3n) is 8.25. The van der Waals surface area contributed by atoms with Crippen molar-refractivity contribution in [3.05, 3.63) is 35.5 Å². The Bertz CT molecular complexity index is 1070. The van der Waals surface area contributed by atoms with Crippen LogP contribution in [-0.2, 0) is 17.5 Å². The Labute approximate surface area is 203 Å². The highest BCUT2D eigenvalue weighted by molar-refractivity contribution is 5.85. The zero-order valence-electron chi connectivity index (χ0n) is 20.1. The number of carboxylic acid groups (broad SMARTS) is 1. The van der Waals surface area contributed by atoms with Crippen molar-refractivity contribution in [3.8, 4) is 5.75 Å². The summed E-state index contributed by atoms with van der Waals surface area (Å²) < 4.78 is 48.4. The molecular formula is C27H33F3N2O3. The molecule has 3 fully saturated rings. The first-order valence-corrected chi connectivity index (χ1v) is 12.8. The molecule has 5 rings (SSSR count). The van der Waals surface area contributed by atoms with Gasteiger partial charge in [-0.05, 0) is 75.5 Å². The van der Waals surface area contributed by atoms with E-state index in [-0.39, 0.29) is 35.2 Å². The molecule has 3 heterocycles. The Hall–Kier alpha value is -2.35. The summed E-state index contributed by atoms with van der Waals surface area (Å²) in [5.74, 6) is -0.563. The van der Waals surface area contributed by atoms with Gasteiger partial charge in [-0.2, -0.15) is 13.2 Å². The third kappa shape index (κ3) is 5.13. The lowest BCUT2D eigenvalue weighted by Crippen LogP contribution is -2.52. The fourth-order valence-corrected chi connectivity index (χ4v) is 6.36. The number of benzene rings is 1. The normalized spacial score (nSPS) is 29.8. The number of halogens is 3. The maximum atomic E-state index is 14.2. The molecule has 1 aromatic heterocycles. The van der Waals surface area contributed by atoms with E-state index < -0.39 is 17.7 Å². The molecule has 0 spiro atoms. The second kappa shape index (κ2) is 9.60. The SMILES string of the molecule is C[C@H]1CC[C@@H](Oc2ccc3nc(CN4C5CCCC4CC(C(=O)O)C5)ccc3c2C(F)(F)F)CC1. The molecule has 2 aliphatic heterocycles. The first-order valence-electron chi connectivity index (χ1n) is 12.8. The summed E-state index contributed by atoms with van der Waals surface area (Å²) in [6.45, 7) is 2.69. The van der Waals surface area contributed by atoms with Crippen LogP contribution in [0.3, 0.4) is 0 Å². The highest BCUT2D eigenvalue weighted by atomic mass is 19.4. The number of fused-ring (bicyclic) bond motifs is 3. The van der Waals surface area contributed by atoms with Crippen LogP contribution in [0.15, 0.2) is 24.3 Å². The average Bonchev–Trinajstić information content (AvgIpc) is 2.79. The highest BCUT2D eigenvalue weighted by Gasteiger charge is 2.41. The van der Waals surface area contributed by atoms with Gasteiger partial charge in [0, 0.05) is 24.0 Å². The van der Waals surface area contributed by atoms with Crippen molar-refractivity contribution >= 4 is 16.9 Å². The van der Waals surface area contributed by atoms with Gasteiger partial charge in [0.2, 0.25) is 0 Å². The summed E-state index contributed by atoms with van der Waals surface area (Å²) in [7, 11) is 0. The van der Waals surface area contributed by atoms with Crippen molar-refractivity contribution < 1.29 is 27.8 Å². The van der Waals surface area contributed by atoms with Crippen LogP contribution in [0.2, 0.25) is 0 Å². The minimum atomic E-state index is -4.55. The van der Waals surface area contributed by atoms with E-state index in [2.05, 4.69) is 16.8 Å². The molecule has 1 aromatic carbocycles. The number of pyridine rings is 1. The van der Waals surface area contributed by atoms with E-state index >= 15 is 0 Å². The van der Waals surface area contributed by atoms with E-state index in [0.29, 0.717) is 36.5 Å². The van der Waals surface area contributed by atoms with E-state index in [0.717, 1.165) is 44.9 Å². The number of hydrogen-bond acceptors (Lipinski definition) is 4. The predicted octanol–water partition coefficient (Wildman–Crippen LogP) is 6.43. The number of piperidine rings is 2. The van der Waals surface area contributed by atoms with Crippen LogP contribution in [0.5, 0.6) is 5.75 Å². The molecule has 2 bridgehead atoms. The van der Waals surface area contributed by atoms with Crippen LogP contribution in [0.25, 0.3) is 10.9 Å². The summed E-state index contributed by atoms with van der Waals surface area (Å²) in [5, 5.41) is 9.55. The number of carbonyl (C=O) groups is 1. The van der Waals surface area contributed by atoms with Crippen LogP contribution < -0.4 is 4.74 Å². The largest absolute Gasteiger partial charge is 0.490 e. The lowest BCUT2D eigenvalue weighted by Gasteiger charge is -2.48. The Morgan fingerprint density at radius 1 is 1.06 bits per heavy atom. The van der Waals surface area contributed by atoms with Gasteiger partial charge in [-0.15, -0.1) is 0 Å². The summed E-state index contributed by atoms with van der Waals surface area (Å²) in [6, 6.07) is 6.62. The van der Waals surface area contributed by atoms with Gasteiger partial charge in [0.1, 0.15) is 11.3 Å². The van der Waals surface area contributed by atoms with Crippen LogP contribution in [0, 0.1) is 11.8 Å². The number of hydrogen-bond donors (Lipinski definition) is 1. The first-order chi connectivity index (χ1) is 16.7. The summed E-state index contributed by atoms with van der Waals surface area (Å²) in [4.78, 5) is 18.5. The summed E-state index contributed by atoms with van der Waals surface area (Å²) in [6.07, 6.45) is 2.98. The Balaban J connectivity index is 1.40. The molecule has 1 saturated carbocycles. The lowest BCUT2D eigenvalue weighted by molar-refractivity contribution is -0.146. The van der Waals surface area contributed by atoms with Crippen molar-refractivity contribution in [1.29, 1.82) is 0 Å². The van der Waals surface area contributed by atoms with Crippen molar-refractivity contribution in [1.82, 2.24) is 9.88 Å². The molecule has 8 heteroatoms. The molecule has 2 atom stereocenters. The molecule has 2 unspecified atom stereocenters. The second-order valence-corrected chi connectivity index (χ2v) is 10.7. The summed E-state index contributed by atoms with van der Waals surface area (Å²) >= 11 is 0. The molecule has 1 N–H and O–H groups in total. The van der Waals surface area contributed by atoms with Gasteiger partial charge in [-0.1, -0.05) is 19.4 Å². The maximum absolute atomic E-state index is 14.2. The third-order valence-corrected chi connectivity index (χ3v) is 8.25. The van der Waals surface area contributed by atoms with E-state index in [1.165, 1.54) is 12.1 Å². The topological polar surface area (TPSA) is 62.7 Å². The molecule has 35 heavy (non-hydrogen) atoms. The Morgan fingerprint density at radius 2 is 1.74 bits per heavy atom. The Morgan fingerprint density at radius 3 is 2.37 bits per heavy atom. The second-order valence-electron chi connectivity index (χ2n) is 10.7. The number of ether oxygens (including phenoxy) is 1. The van der Waals surface area contributed by atoms with E-state index in [9.17, 15) is 23.1 Å². The summed E-state index contributed by atoms with van der Waals surface area (Å²) in [5.41, 5.74) is 0.281. The molecule has 2 aromatic rings. The molecule has 3 aliphatic rings. The van der Waals surface area contributed by atoms with Crippen molar-refractivity contribution in [2.24, 2.45) is 11.8 Å². The molecule has 1 aliphatic carbocycles. The zero-order valence-corrected chi connectivity index (χ0v) is 20.1. The molecule has 0 amide bonds. The number of aromatic nitrogens is 1. The molecule has 5 nitrogen and oxygen atoms in total. The van der Waals surface area contributed by atoms with E-state index in [1.54, 1.807) is 12.1 Å². The van der Waals surface area contributed by atoms with Gasteiger partial charge in [0.05, 0.1) is 23.2 Å². The van der Waals surface area contributed by atoms with Gasteiger partial charge in [-0.25, -0.2) is 0 Å². The van der Waals surface area contributed by atoms with Gasteiger partial charge in [-0.3, -0.25) is 14.7 Å². The van der Waals surface area contributed by atoms with Crippen molar-refractivity contribution in [2.45, 2.75) is 95.6 Å². The molecule has 190 valence electrons. The van der Waals surface area contributed by atoms with E-state index in [1.807, 2.05) is 0 Å². The van der Waals surface area contributed by atoms with Crippen LogP contribution in [-0.4, -0.2) is 39.1 Å². The number of carboxylic acids is 1. The van der Waals surface area contributed by atoms with E-state index in [4.69, 9.17) is 4.74 Å². The number of aliphatic carboxylic acids is 1. The monoisotopic (exact) mass is 490 g/mol.